The van der Waals surface area contributed by atoms with Gasteiger partial charge in [0, 0.05) is 6.04 Å². The highest BCUT2D eigenvalue weighted by Crippen LogP contribution is 2.08. The molecule has 0 rings (SSSR count). The molecule has 1 atom stereocenters. The van der Waals surface area contributed by atoms with Crippen molar-refractivity contribution in [3.63, 3.8) is 0 Å². The lowest BCUT2D eigenvalue weighted by atomic mass is 10.0. The SMILES string of the molecule is CCCCNC(C)CCCC(C)C. The second kappa shape index (κ2) is 8.55. The molecule has 0 amide bonds. The van der Waals surface area contributed by atoms with Gasteiger partial charge in [0.2, 0.25) is 0 Å². The van der Waals surface area contributed by atoms with E-state index >= 15 is 0 Å². The first-order valence-electron chi connectivity index (χ1n) is 5.90. The van der Waals surface area contributed by atoms with Gasteiger partial charge in [-0.1, -0.05) is 40.0 Å². The molecule has 0 aromatic carbocycles. The smallest absolute Gasteiger partial charge is 0.00387 e. The van der Waals surface area contributed by atoms with E-state index in [2.05, 4.69) is 33.0 Å². The maximum absolute atomic E-state index is 3.56. The molecule has 1 unspecified atom stereocenters. The van der Waals surface area contributed by atoms with Crippen LogP contribution in [0.3, 0.4) is 0 Å². The Kier molecular flexibility index (Phi) is 8.53. The van der Waals surface area contributed by atoms with Crippen molar-refractivity contribution >= 4 is 0 Å². The second-order valence-electron chi connectivity index (χ2n) is 4.53. The number of hydrogen-bond acceptors (Lipinski definition) is 1. The highest BCUT2D eigenvalue weighted by atomic mass is 14.9. The molecule has 0 saturated carbocycles. The summed E-state index contributed by atoms with van der Waals surface area (Å²) in [6.07, 6.45) is 6.69. The van der Waals surface area contributed by atoms with Crippen molar-refractivity contribution in [1.82, 2.24) is 5.32 Å². The van der Waals surface area contributed by atoms with Gasteiger partial charge in [-0.05, 0) is 32.2 Å². The van der Waals surface area contributed by atoms with Crippen molar-refractivity contribution in [2.24, 2.45) is 5.92 Å². The van der Waals surface area contributed by atoms with Gasteiger partial charge in [0.25, 0.3) is 0 Å². The van der Waals surface area contributed by atoms with Crippen molar-refractivity contribution in [3.05, 3.63) is 0 Å². The fraction of sp³-hybridized carbons (Fsp3) is 1.00. The molecule has 0 aromatic heterocycles. The van der Waals surface area contributed by atoms with Crippen LogP contribution in [0.15, 0.2) is 0 Å². The molecular formula is C12H27N. The van der Waals surface area contributed by atoms with Crippen LogP contribution in [-0.2, 0) is 0 Å². The average molecular weight is 185 g/mol. The van der Waals surface area contributed by atoms with E-state index in [9.17, 15) is 0 Å². The zero-order valence-corrected chi connectivity index (χ0v) is 9.90. The Morgan fingerprint density at radius 1 is 1.00 bits per heavy atom. The van der Waals surface area contributed by atoms with Gasteiger partial charge in [-0.3, -0.25) is 0 Å². The van der Waals surface area contributed by atoms with Crippen molar-refractivity contribution in [2.75, 3.05) is 6.54 Å². The Bertz CT molecular complexity index is 99.3. The summed E-state index contributed by atoms with van der Waals surface area (Å²) in [5.41, 5.74) is 0. The van der Waals surface area contributed by atoms with E-state index < -0.39 is 0 Å². The van der Waals surface area contributed by atoms with Crippen LogP contribution in [0.25, 0.3) is 0 Å². The van der Waals surface area contributed by atoms with E-state index in [0.29, 0.717) is 6.04 Å². The standard InChI is InChI=1S/C12H27N/c1-5-6-10-13-12(4)9-7-8-11(2)3/h11-13H,5-10H2,1-4H3. The normalized spacial score (nSPS) is 13.6. The van der Waals surface area contributed by atoms with Crippen LogP contribution in [0.1, 0.15) is 59.8 Å². The first kappa shape index (κ1) is 13.0. The van der Waals surface area contributed by atoms with Gasteiger partial charge in [0.1, 0.15) is 0 Å². The molecule has 0 radical (unpaired) electrons. The quantitative estimate of drug-likeness (QED) is 0.570. The molecule has 0 bridgehead atoms. The van der Waals surface area contributed by atoms with E-state index in [1.54, 1.807) is 0 Å². The number of unbranched alkanes of at least 4 members (excludes halogenated alkanes) is 1. The fourth-order valence-corrected chi connectivity index (χ4v) is 1.46. The van der Waals surface area contributed by atoms with Crippen LogP contribution in [-0.4, -0.2) is 12.6 Å². The average Bonchev–Trinajstić information content (AvgIpc) is 2.04. The zero-order valence-electron chi connectivity index (χ0n) is 9.90. The Hall–Kier alpha value is -0.0400. The Morgan fingerprint density at radius 2 is 1.69 bits per heavy atom. The third-order valence-corrected chi connectivity index (χ3v) is 2.44. The van der Waals surface area contributed by atoms with E-state index in [1.807, 2.05) is 0 Å². The van der Waals surface area contributed by atoms with Gasteiger partial charge in [-0.2, -0.15) is 0 Å². The highest BCUT2D eigenvalue weighted by molar-refractivity contribution is 4.60. The molecule has 0 aliphatic heterocycles. The Balaban J connectivity index is 3.15. The lowest BCUT2D eigenvalue weighted by Crippen LogP contribution is -2.26. The van der Waals surface area contributed by atoms with Crippen molar-refractivity contribution < 1.29 is 0 Å². The number of nitrogens with one attached hydrogen (secondary N) is 1. The molecule has 0 aliphatic rings. The summed E-state index contributed by atoms with van der Waals surface area (Å²) in [6, 6.07) is 0.713. The first-order chi connectivity index (χ1) is 6.16. The topological polar surface area (TPSA) is 12.0 Å². The minimum Gasteiger partial charge on any atom is -0.314 e. The van der Waals surface area contributed by atoms with E-state index in [-0.39, 0.29) is 0 Å². The van der Waals surface area contributed by atoms with Crippen LogP contribution >= 0.6 is 0 Å². The molecule has 80 valence electrons. The summed E-state index contributed by atoms with van der Waals surface area (Å²) in [7, 11) is 0. The third kappa shape index (κ3) is 9.88. The molecule has 1 nitrogen and oxygen atoms in total. The lowest BCUT2D eigenvalue weighted by Gasteiger charge is -2.13. The van der Waals surface area contributed by atoms with E-state index in [0.717, 1.165) is 5.92 Å². The van der Waals surface area contributed by atoms with Crippen LogP contribution in [0, 0.1) is 5.92 Å². The fourth-order valence-electron chi connectivity index (χ4n) is 1.46. The zero-order chi connectivity index (χ0) is 10.1. The van der Waals surface area contributed by atoms with Crippen molar-refractivity contribution in [3.8, 4) is 0 Å². The summed E-state index contributed by atoms with van der Waals surface area (Å²) in [5.74, 6) is 0.864. The first-order valence-corrected chi connectivity index (χ1v) is 5.90. The molecule has 0 heterocycles. The monoisotopic (exact) mass is 185 g/mol. The lowest BCUT2D eigenvalue weighted by molar-refractivity contribution is 0.454. The summed E-state index contributed by atoms with van der Waals surface area (Å²) in [4.78, 5) is 0. The summed E-state index contributed by atoms with van der Waals surface area (Å²) in [5, 5.41) is 3.56. The summed E-state index contributed by atoms with van der Waals surface area (Å²) in [6.45, 7) is 10.3. The van der Waals surface area contributed by atoms with Gasteiger partial charge in [-0.25, -0.2) is 0 Å². The number of hydrogen-bond donors (Lipinski definition) is 1. The maximum Gasteiger partial charge on any atom is 0.00387 e. The molecule has 0 spiro atoms. The minimum atomic E-state index is 0.713. The van der Waals surface area contributed by atoms with Crippen LogP contribution in [0.4, 0.5) is 0 Å². The van der Waals surface area contributed by atoms with E-state index in [1.165, 1.54) is 38.6 Å². The summed E-state index contributed by atoms with van der Waals surface area (Å²) >= 11 is 0. The predicted molar refractivity (Wildman–Crippen MR) is 61.1 cm³/mol. The Labute approximate surface area is 84.3 Å². The van der Waals surface area contributed by atoms with E-state index in [4.69, 9.17) is 0 Å². The second-order valence-corrected chi connectivity index (χ2v) is 4.53. The van der Waals surface area contributed by atoms with Crippen LogP contribution in [0.5, 0.6) is 0 Å². The molecular weight excluding hydrogens is 158 g/mol. The third-order valence-electron chi connectivity index (χ3n) is 2.44. The Morgan fingerprint density at radius 3 is 2.23 bits per heavy atom. The van der Waals surface area contributed by atoms with Gasteiger partial charge < -0.3 is 5.32 Å². The molecule has 1 N–H and O–H groups in total. The molecule has 0 saturated heterocycles. The molecule has 0 aliphatic carbocycles. The van der Waals surface area contributed by atoms with Gasteiger partial charge in [0.05, 0.1) is 0 Å². The molecule has 0 aromatic rings. The van der Waals surface area contributed by atoms with Crippen LogP contribution < -0.4 is 5.32 Å². The molecule has 1 heteroatoms. The van der Waals surface area contributed by atoms with Crippen LogP contribution in [0.2, 0.25) is 0 Å². The minimum absolute atomic E-state index is 0.713. The largest absolute Gasteiger partial charge is 0.314 e. The van der Waals surface area contributed by atoms with Gasteiger partial charge >= 0.3 is 0 Å². The van der Waals surface area contributed by atoms with Crippen molar-refractivity contribution in [1.29, 1.82) is 0 Å². The molecule has 13 heavy (non-hydrogen) atoms. The van der Waals surface area contributed by atoms with Gasteiger partial charge in [0.15, 0.2) is 0 Å². The summed E-state index contributed by atoms with van der Waals surface area (Å²) < 4.78 is 0. The van der Waals surface area contributed by atoms with Crippen molar-refractivity contribution in [2.45, 2.75) is 65.8 Å². The maximum atomic E-state index is 3.56. The predicted octanol–water partition coefficient (Wildman–Crippen LogP) is 3.59. The van der Waals surface area contributed by atoms with Gasteiger partial charge in [-0.15, -0.1) is 0 Å². The highest BCUT2D eigenvalue weighted by Gasteiger charge is 2.01. The molecule has 0 fully saturated rings. The number of rotatable bonds is 8.